The maximum absolute atomic E-state index is 11.4. The molecule has 1 aromatic heterocycles. The predicted molar refractivity (Wildman–Crippen MR) is 87.7 cm³/mol. The van der Waals surface area contributed by atoms with E-state index in [0.717, 1.165) is 15.4 Å². The number of methoxy groups -OCH3 is 2. The molecule has 0 unspecified atom stereocenters. The number of aromatic nitrogens is 1. The molecule has 1 heterocycles. The maximum atomic E-state index is 11.4. The quantitative estimate of drug-likeness (QED) is 0.546. The van der Waals surface area contributed by atoms with Crippen molar-refractivity contribution in [3.63, 3.8) is 0 Å². The summed E-state index contributed by atoms with van der Waals surface area (Å²) < 4.78 is 15.1. The molecule has 5 nitrogen and oxygen atoms in total. The van der Waals surface area contributed by atoms with Crippen molar-refractivity contribution in [1.82, 2.24) is 4.98 Å². The normalized spacial score (nSPS) is 10.5. The second-order valence-corrected chi connectivity index (χ2v) is 5.84. The Morgan fingerprint density at radius 2 is 1.87 bits per heavy atom. The third-order valence-electron chi connectivity index (χ3n) is 2.98. The van der Waals surface area contributed by atoms with Crippen LogP contribution in [0.25, 0.3) is 0 Å². The summed E-state index contributed by atoms with van der Waals surface area (Å²) in [6.45, 7) is 1.64. The van der Waals surface area contributed by atoms with Gasteiger partial charge in [0, 0.05) is 29.3 Å². The second kappa shape index (κ2) is 9.29. The van der Waals surface area contributed by atoms with Crippen LogP contribution in [0.2, 0.25) is 0 Å². The predicted octanol–water partition coefficient (Wildman–Crippen LogP) is 3.18. The fourth-order valence-corrected chi connectivity index (χ4v) is 2.71. The van der Waals surface area contributed by atoms with E-state index in [1.165, 1.54) is 7.11 Å². The molecule has 0 fully saturated rings. The number of benzene rings is 1. The third-order valence-corrected chi connectivity index (χ3v) is 3.95. The topological polar surface area (TPSA) is 57.7 Å². The molecule has 2 rings (SSSR count). The van der Waals surface area contributed by atoms with Crippen LogP contribution in [0.4, 0.5) is 0 Å². The number of carbonyl (C=O) groups excluding carboxylic acids is 1. The monoisotopic (exact) mass is 333 g/mol. The lowest BCUT2D eigenvalue weighted by molar-refractivity contribution is 0.0600. The molecule has 0 amide bonds. The van der Waals surface area contributed by atoms with Crippen molar-refractivity contribution < 1.29 is 19.0 Å². The van der Waals surface area contributed by atoms with Gasteiger partial charge in [-0.3, -0.25) is 4.98 Å². The van der Waals surface area contributed by atoms with E-state index >= 15 is 0 Å². The van der Waals surface area contributed by atoms with Crippen LogP contribution in [0.1, 0.15) is 15.9 Å². The average molecular weight is 333 g/mol. The maximum Gasteiger partial charge on any atom is 0.337 e. The van der Waals surface area contributed by atoms with E-state index in [4.69, 9.17) is 9.47 Å². The number of hydrogen-bond acceptors (Lipinski definition) is 6. The van der Waals surface area contributed by atoms with Crippen LogP contribution in [0.15, 0.2) is 52.5 Å². The van der Waals surface area contributed by atoms with Gasteiger partial charge in [0.25, 0.3) is 0 Å². The number of hydrogen-bond donors (Lipinski definition) is 0. The standard InChI is InChI=1S/C17H19NO4S/c1-20-7-8-22-12-13-9-16(11-18-10-13)23-15-5-3-14(4-6-15)17(19)21-2/h3-6,9-11H,7-8,12H2,1-2H3. The van der Waals surface area contributed by atoms with E-state index in [9.17, 15) is 4.79 Å². The van der Waals surface area contributed by atoms with Gasteiger partial charge >= 0.3 is 5.97 Å². The van der Waals surface area contributed by atoms with Gasteiger partial charge in [0.15, 0.2) is 0 Å². The lowest BCUT2D eigenvalue weighted by atomic mass is 10.2. The number of esters is 1. The lowest BCUT2D eigenvalue weighted by Gasteiger charge is -2.06. The van der Waals surface area contributed by atoms with E-state index < -0.39 is 0 Å². The summed E-state index contributed by atoms with van der Waals surface area (Å²) in [6.07, 6.45) is 3.59. The van der Waals surface area contributed by atoms with Crippen LogP contribution < -0.4 is 0 Å². The zero-order chi connectivity index (χ0) is 16.5. The van der Waals surface area contributed by atoms with Gasteiger partial charge in [-0.15, -0.1) is 0 Å². The van der Waals surface area contributed by atoms with Crippen molar-refractivity contribution in [3.05, 3.63) is 53.9 Å². The van der Waals surface area contributed by atoms with Crippen molar-refractivity contribution in [3.8, 4) is 0 Å². The number of pyridine rings is 1. The molecule has 0 N–H and O–H groups in total. The van der Waals surface area contributed by atoms with Crippen molar-refractivity contribution in [2.45, 2.75) is 16.4 Å². The summed E-state index contributed by atoms with van der Waals surface area (Å²) >= 11 is 1.58. The minimum Gasteiger partial charge on any atom is -0.465 e. The minimum atomic E-state index is -0.335. The molecule has 0 aliphatic rings. The molecular formula is C17H19NO4S. The lowest BCUT2D eigenvalue weighted by Crippen LogP contribution is -2.02. The Hall–Kier alpha value is -1.89. The Morgan fingerprint density at radius 3 is 2.57 bits per heavy atom. The third kappa shape index (κ3) is 5.67. The summed E-state index contributed by atoms with van der Waals surface area (Å²) in [5.74, 6) is -0.335. The Bertz CT molecular complexity index is 631. The average Bonchev–Trinajstić information content (AvgIpc) is 2.59. The Labute approximate surface area is 140 Å². The number of ether oxygens (including phenoxy) is 3. The van der Waals surface area contributed by atoms with Gasteiger partial charge in [-0.2, -0.15) is 0 Å². The number of nitrogens with zero attached hydrogens (tertiary/aromatic N) is 1. The van der Waals surface area contributed by atoms with E-state index in [1.54, 1.807) is 43.4 Å². The van der Waals surface area contributed by atoms with Crippen LogP contribution >= 0.6 is 11.8 Å². The van der Waals surface area contributed by atoms with Crippen molar-refractivity contribution >= 4 is 17.7 Å². The van der Waals surface area contributed by atoms with Crippen LogP contribution in [-0.4, -0.2) is 38.4 Å². The Morgan fingerprint density at radius 1 is 1.09 bits per heavy atom. The number of carbonyl (C=O) groups is 1. The smallest absolute Gasteiger partial charge is 0.337 e. The summed E-state index contributed by atoms with van der Waals surface area (Å²) in [4.78, 5) is 17.7. The zero-order valence-electron chi connectivity index (χ0n) is 13.2. The van der Waals surface area contributed by atoms with Crippen LogP contribution in [0.3, 0.4) is 0 Å². The molecular weight excluding hydrogens is 314 g/mol. The van der Waals surface area contributed by atoms with Crippen molar-refractivity contribution in [2.24, 2.45) is 0 Å². The van der Waals surface area contributed by atoms with Gasteiger partial charge in [0.2, 0.25) is 0 Å². The molecule has 23 heavy (non-hydrogen) atoms. The number of rotatable bonds is 8. The summed E-state index contributed by atoms with van der Waals surface area (Å²) in [5, 5.41) is 0. The molecule has 0 atom stereocenters. The van der Waals surface area contributed by atoms with Crippen LogP contribution in [0, 0.1) is 0 Å². The van der Waals surface area contributed by atoms with Gasteiger partial charge in [0.1, 0.15) is 0 Å². The summed E-state index contributed by atoms with van der Waals surface area (Å²) in [5.41, 5.74) is 1.55. The Kier molecular flexibility index (Phi) is 7.06. The van der Waals surface area contributed by atoms with E-state index in [0.29, 0.717) is 25.4 Å². The van der Waals surface area contributed by atoms with Crippen LogP contribution in [0.5, 0.6) is 0 Å². The van der Waals surface area contributed by atoms with Gasteiger partial charge in [-0.25, -0.2) is 4.79 Å². The summed E-state index contributed by atoms with van der Waals surface area (Å²) in [7, 11) is 3.02. The van der Waals surface area contributed by atoms with Gasteiger partial charge in [-0.1, -0.05) is 11.8 Å². The molecule has 0 aliphatic heterocycles. The highest BCUT2D eigenvalue weighted by atomic mass is 32.2. The molecule has 6 heteroatoms. The molecule has 0 radical (unpaired) electrons. The Balaban J connectivity index is 1.95. The van der Waals surface area contributed by atoms with Crippen molar-refractivity contribution in [2.75, 3.05) is 27.4 Å². The molecule has 2 aromatic rings. The molecule has 1 aromatic carbocycles. The van der Waals surface area contributed by atoms with Gasteiger partial charge in [-0.05, 0) is 35.9 Å². The van der Waals surface area contributed by atoms with Crippen LogP contribution in [-0.2, 0) is 20.8 Å². The first kappa shape index (κ1) is 17.5. The molecule has 0 saturated carbocycles. The van der Waals surface area contributed by atoms with Gasteiger partial charge < -0.3 is 14.2 Å². The summed E-state index contributed by atoms with van der Waals surface area (Å²) in [6, 6.07) is 9.31. The fourth-order valence-electron chi connectivity index (χ4n) is 1.84. The largest absolute Gasteiger partial charge is 0.465 e. The first-order valence-electron chi connectivity index (χ1n) is 7.10. The molecule has 122 valence electrons. The molecule has 0 saturated heterocycles. The highest BCUT2D eigenvalue weighted by molar-refractivity contribution is 7.99. The highest BCUT2D eigenvalue weighted by Crippen LogP contribution is 2.28. The molecule has 0 spiro atoms. The fraction of sp³-hybridized carbons (Fsp3) is 0.294. The minimum absolute atomic E-state index is 0.335. The van der Waals surface area contributed by atoms with Gasteiger partial charge in [0.05, 0.1) is 32.5 Å². The second-order valence-electron chi connectivity index (χ2n) is 4.69. The zero-order valence-corrected chi connectivity index (χ0v) is 14.0. The van der Waals surface area contributed by atoms with E-state index in [1.807, 2.05) is 18.2 Å². The van der Waals surface area contributed by atoms with E-state index in [2.05, 4.69) is 9.72 Å². The molecule has 0 bridgehead atoms. The first-order valence-corrected chi connectivity index (χ1v) is 7.91. The van der Waals surface area contributed by atoms with E-state index in [-0.39, 0.29) is 5.97 Å². The van der Waals surface area contributed by atoms with Crippen molar-refractivity contribution in [1.29, 1.82) is 0 Å². The first-order chi connectivity index (χ1) is 11.2. The highest BCUT2D eigenvalue weighted by Gasteiger charge is 2.05. The molecule has 0 aliphatic carbocycles. The SMILES string of the molecule is COCCOCc1cncc(Sc2ccc(C(=O)OC)cc2)c1.